The van der Waals surface area contributed by atoms with Crippen LogP contribution >= 0.6 is 0 Å². The summed E-state index contributed by atoms with van der Waals surface area (Å²) in [5, 5.41) is 0. The highest BCUT2D eigenvalue weighted by molar-refractivity contribution is 5.36. The quantitative estimate of drug-likeness (QED) is 0.540. The molecule has 0 fully saturated rings. The average molecular weight is 169 g/mol. The Labute approximate surface area is 69.0 Å². The lowest BCUT2D eigenvalue weighted by atomic mass is 10.3. The molecule has 0 bridgehead atoms. The first-order valence-corrected chi connectivity index (χ1v) is 3.49. The summed E-state index contributed by atoms with van der Waals surface area (Å²) in [5.74, 6) is 0.225. The summed E-state index contributed by atoms with van der Waals surface area (Å²) in [6.45, 7) is 1.59. The van der Waals surface area contributed by atoms with Crippen molar-refractivity contribution in [1.82, 2.24) is 9.13 Å². The van der Waals surface area contributed by atoms with Gasteiger partial charge in [0.15, 0.2) is 0 Å². The van der Waals surface area contributed by atoms with Crippen molar-refractivity contribution in [2.45, 2.75) is 6.92 Å². The van der Waals surface area contributed by atoms with Crippen molar-refractivity contribution in [2.24, 2.45) is 14.1 Å². The van der Waals surface area contributed by atoms with E-state index in [1.165, 1.54) is 18.7 Å². The molecule has 5 heteroatoms. The minimum absolute atomic E-state index is 0.225. The molecular weight excluding hydrogens is 158 g/mol. The van der Waals surface area contributed by atoms with Gasteiger partial charge in [0.25, 0.3) is 5.56 Å². The zero-order valence-corrected chi connectivity index (χ0v) is 7.29. The SMILES string of the molecule is Cc1c(N)n(C)c(=O)n(C)c1=O. The Morgan fingerprint density at radius 3 is 2.17 bits per heavy atom. The monoisotopic (exact) mass is 169 g/mol. The summed E-state index contributed by atoms with van der Waals surface area (Å²) in [4.78, 5) is 22.4. The van der Waals surface area contributed by atoms with Gasteiger partial charge in [-0.25, -0.2) is 4.79 Å². The van der Waals surface area contributed by atoms with Gasteiger partial charge in [0.1, 0.15) is 5.82 Å². The molecule has 0 amide bonds. The molecule has 0 aromatic carbocycles. The molecule has 0 aliphatic rings. The minimum atomic E-state index is -0.400. The van der Waals surface area contributed by atoms with Crippen LogP contribution in [0.25, 0.3) is 0 Å². The standard InChI is InChI=1S/C7H11N3O2/c1-4-5(8)9(2)7(12)10(3)6(4)11/h8H2,1-3H3. The molecule has 0 saturated heterocycles. The number of aromatic nitrogens is 2. The van der Waals surface area contributed by atoms with E-state index < -0.39 is 5.69 Å². The van der Waals surface area contributed by atoms with E-state index >= 15 is 0 Å². The maximum Gasteiger partial charge on any atom is 0.332 e. The molecule has 66 valence electrons. The van der Waals surface area contributed by atoms with Gasteiger partial charge in [0, 0.05) is 14.1 Å². The predicted octanol–water partition coefficient (Wildman–Crippen LogP) is -1.03. The Bertz CT molecular complexity index is 390. The van der Waals surface area contributed by atoms with E-state index in [0.717, 1.165) is 4.57 Å². The molecule has 1 aromatic rings. The molecule has 0 saturated carbocycles. The van der Waals surface area contributed by atoms with Crippen LogP contribution in [0.15, 0.2) is 9.59 Å². The molecule has 0 atom stereocenters. The molecule has 2 N–H and O–H groups in total. The van der Waals surface area contributed by atoms with Crippen molar-refractivity contribution in [3.63, 3.8) is 0 Å². The molecular formula is C7H11N3O2. The van der Waals surface area contributed by atoms with E-state index in [1.807, 2.05) is 0 Å². The van der Waals surface area contributed by atoms with Crippen molar-refractivity contribution in [2.75, 3.05) is 5.73 Å². The molecule has 12 heavy (non-hydrogen) atoms. The molecule has 0 aliphatic carbocycles. The molecule has 1 heterocycles. The fraction of sp³-hybridized carbons (Fsp3) is 0.429. The van der Waals surface area contributed by atoms with Gasteiger partial charge in [-0.3, -0.25) is 13.9 Å². The Kier molecular flexibility index (Phi) is 1.79. The lowest BCUT2D eigenvalue weighted by molar-refractivity contribution is 0.686. The highest BCUT2D eigenvalue weighted by Crippen LogP contribution is 1.98. The average Bonchev–Trinajstić information content (AvgIpc) is 2.08. The zero-order valence-electron chi connectivity index (χ0n) is 7.29. The van der Waals surface area contributed by atoms with Crippen LogP contribution in [0.5, 0.6) is 0 Å². The summed E-state index contributed by atoms with van der Waals surface area (Å²) in [5.41, 5.74) is 5.17. The van der Waals surface area contributed by atoms with Crippen LogP contribution in [0, 0.1) is 6.92 Å². The van der Waals surface area contributed by atoms with E-state index in [0.29, 0.717) is 5.56 Å². The third-order valence-corrected chi connectivity index (χ3v) is 1.94. The van der Waals surface area contributed by atoms with Crippen molar-refractivity contribution >= 4 is 5.82 Å². The second-order valence-electron chi connectivity index (χ2n) is 2.72. The van der Waals surface area contributed by atoms with Crippen molar-refractivity contribution in [3.8, 4) is 0 Å². The maximum absolute atomic E-state index is 11.2. The summed E-state index contributed by atoms with van der Waals surface area (Å²) >= 11 is 0. The first-order chi connectivity index (χ1) is 5.46. The second-order valence-corrected chi connectivity index (χ2v) is 2.72. The number of rotatable bonds is 0. The molecule has 5 nitrogen and oxygen atoms in total. The van der Waals surface area contributed by atoms with Crippen LogP contribution in [0.3, 0.4) is 0 Å². The third kappa shape index (κ3) is 0.939. The van der Waals surface area contributed by atoms with Crippen molar-refractivity contribution < 1.29 is 0 Å². The second kappa shape index (κ2) is 2.51. The summed E-state index contributed by atoms with van der Waals surface area (Å²) in [6, 6.07) is 0. The smallest absolute Gasteiger partial charge is 0.332 e. The van der Waals surface area contributed by atoms with Crippen molar-refractivity contribution in [3.05, 3.63) is 26.4 Å². The first-order valence-electron chi connectivity index (χ1n) is 3.49. The molecule has 0 unspecified atom stereocenters. The predicted molar refractivity (Wildman–Crippen MR) is 46.1 cm³/mol. The van der Waals surface area contributed by atoms with Gasteiger partial charge in [0.2, 0.25) is 0 Å². The van der Waals surface area contributed by atoms with Gasteiger partial charge in [-0.1, -0.05) is 0 Å². The highest BCUT2D eigenvalue weighted by Gasteiger charge is 2.07. The lowest BCUT2D eigenvalue weighted by Crippen LogP contribution is -2.39. The number of nitrogens with two attached hydrogens (primary N) is 1. The van der Waals surface area contributed by atoms with Crippen LogP contribution in [0.1, 0.15) is 5.56 Å². The molecule has 0 radical (unpaired) electrons. The Morgan fingerprint density at radius 1 is 1.17 bits per heavy atom. The largest absolute Gasteiger partial charge is 0.385 e. The van der Waals surface area contributed by atoms with E-state index in [9.17, 15) is 9.59 Å². The Balaban J connectivity index is 3.86. The van der Waals surface area contributed by atoms with Crippen molar-refractivity contribution in [1.29, 1.82) is 0 Å². The minimum Gasteiger partial charge on any atom is -0.385 e. The number of hydrogen-bond acceptors (Lipinski definition) is 3. The molecule has 0 spiro atoms. The fourth-order valence-electron chi connectivity index (χ4n) is 1.03. The van der Waals surface area contributed by atoms with Gasteiger partial charge < -0.3 is 5.73 Å². The number of nitrogen functional groups attached to an aromatic ring is 1. The van der Waals surface area contributed by atoms with E-state index in [-0.39, 0.29) is 11.4 Å². The van der Waals surface area contributed by atoms with Crippen LogP contribution < -0.4 is 17.0 Å². The maximum atomic E-state index is 11.2. The normalized spacial score (nSPS) is 10.2. The summed E-state index contributed by atoms with van der Waals surface area (Å²) in [7, 11) is 2.96. The van der Waals surface area contributed by atoms with E-state index in [2.05, 4.69) is 0 Å². The van der Waals surface area contributed by atoms with Gasteiger partial charge in [-0.2, -0.15) is 0 Å². The molecule has 0 aliphatic heterocycles. The number of anilines is 1. The molecule has 1 aromatic heterocycles. The lowest BCUT2D eigenvalue weighted by Gasteiger charge is -2.07. The highest BCUT2D eigenvalue weighted by atomic mass is 16.2. The fourth-order valence-corrected chi connectivity index (χ4v) is 1.03. The van der Waals surface area contributed by atoms with Crippen LogP contribution in [-0.2, 0) is 14.1 Å². The Morgan fingerprint density at radius 2 is 1.67 bits per heavy atom. The van der Waals surface area contributed by atoms with E-state index in [4.69, 9.17) is 5.73 Å². The van der Waals surface area contributed by atoms with Gasteiger partial charge in [-0.05, 0) is 6.92 Å². The van der Waals surface area contributed by atoms with Crippen LogP contribution in [-0.4, -0.2) is 9.13 Å². The van der Waals surface area contributed by atoms with Crippen LogP contribution in [0.2, 0.25) is 0 Å². The third-order valence-electron chi connectivity index (χ3n) is 1.94. The summed E-state index contributed by atoms with van der Waals surface area (Å²) in [6.07, 6.45) is 0. The topological polar surface area (TPSA) is 70.0 Å². The van der Waals surface area contributed by atoms with Crippen LogP contribution in [0.4, 0.5) is 5.82 Å². The number of nitrogens with zero attached hydrogens (tertiary/aromatic N) is 2. The molecule has 1 rings (SSSR count). The first kappa shape index (κ1) is 8.58. The van der Waals surface area contributed by atoms with E-state index in [1.54, 1.807) is 6.92 Å². The van der Waals surface area contributed by atoms with Gasteiger partial charge in [0.05, 0.1) is 5.56 Å². The van der Waals surface area contributed by atoms with Gasteiger partial charge in [-0.15, -0.1) is 0 Å². The zero-order chi connectivity index (χ0) is 9.46. The number of hydrogen-bond donors (Lipinski definition) is 1. The van der Waals surface area contributed by atoms with Gasteiger partial charge >= 0.3 is 5.69 Å². The Hall–Kier alpha value is -1.52. The summed E-state index contributed by atoms with van der Waals surface area (Å²) < 4.78 is 2.28.